The number of ether oxygens (including phenoxy) is 1. The molecule has 1 aromatic carbocycles. The van der Waals surface area contributed by atoms with E-state index in [1.165, 1.54) is 39.7 Å². The lowest BCUT2D eigenvalue weighted by atomic mass is 9.82. The van der Waals surface area contributed by atoms with Crippen molar-refractivity contribution in [3.8, 4) is 5.75 Å². The van der Waals surface area contributed by atoms with Crippen molar-refractivity contribution in [1.82, 2.24) is 14.8 Å². The number of rotatable bonds is 8. The van der Waals surface area contributed by atoms with Gasteiger partial charge in [-0.15, -0.1) is 0 Å². The van der Waals surface area contributed by atoms with Crippen LogP contribution in [0, 0.1) is 17.3 Å². The second-order valence-electron chi connectivity index (χ2n) is 12.8. The summed E-state index contributed by atoms with van der Waals surface area (Å²) in [6, 6.07) is 3.09. The second kappa shape index (κ2) is 15.8. The number of fused-ring (bicyclic) bond motifs is 1. The molecule has 2 saturated carbocycles. The van der Waals surface area contributed by atoms with Gasteiger partial charge in [-0.05, 0) is 61.1 Å². The third-order valence-electron chi connectivity index (χ3n) is 9.51. The van der Waals surface area contributed by atoms with Gasteiger partial charge in [0.1, 0.15) is 18.5 Å². The fourth-order valence-electron chi connectivity index (χ4n) is 6.61. The zero-order valence-corrected chi connectivity index (χ0v) is 27.2. The minimum absolute atomic E-state index is 0.0846. The molecule has 2 aliphatic carbocycles. The van der Waals surface area contributed by atoms with Crippen LogP contribution in [-0.2, 0) is 20.8 Å². The number of carboxylic acid groups (broad SMARTS) is 1. The lowest BCUT2D eigenvalue weighted by Gasteiger charge is -2.38. The molecule has 4 aliphatic rings. The highest BCUT2D eigenvalue weighted by atomic mass is 35.5. The second-order valence-corrected chi connectivity index (χ2v) is 13.2. The molecule has 1 aromatic rings. The fraction of sp³-hybridized carbons (Fsp3) is 0.656. The Balaban J connectivity index is 0.000000408. The highest BCUT2D eigenvalue weighted by Gasteiger charge is 2.52. The van der Waals surface area contributed by atoms with Gasteiger partial charge in [-0.25, -0.2) is 10.2 Å². The van der Waals surface area contributed by atoms with Gasteiger partial charge in [-0.3, -0.25) is 14.4 Å². The normalized spacial score (nSPS) is 24.5. The Morgan fingerprint density at radius 2 is 1.86 bits per heavy atom. The minimum Gasteiger partial charge on any atom is -0.487 e. The number of likely N-dealkylation sites (tertiary alicyclic amines) is 1. The summed E-state index contributed by atoms with van der Waals surface area (Å²) in [5.74, 6) is 8.36. The molecular formula is C32H49ClFN5O5. The Hall–Kier alpha value is -3.05. The molecule has 10 nitrogen and oxygen atoms in total. The molecule has 2 amide bonds. The molecule has 2 aliphatic heterocycles. The first-order valence-corrected chi connectivity index (χ1v) is 15.9. The van der Waals surface area contributed by atoms with Gasteiger partial charge in [-0.1, -0.05) is 51.1 Å². The van der Waals surface area contributed by atoms with Crippen LogP contribution in [0.1, 0.15) is 82.9 Å². The van der Waals surface area contributed by atoms with Gasteiger partial charge in [0.2, 0.25) is 12.3 Å². The van der Waals surface area contributed by atoms with Gasteiger partial charge in [0.25, 0.3) is 6.47 Å². The first-order valence-electron chi connectivity index (χ1n) is 15.5. The molecule has 4 atom stereocenters. The number of carbonyl (C=O) groups excluding carboxylic acids is 2. The summed E-state index contributed by atoms with van der Waals surface area (Å²) in [4.78, 5) is 36.5. The molecule has 12 heteroatoms. The predicted octanol–water partition coefficient (Wildman–Crippen LogP) is 4.65. The van der Waals surface area contributed by atoms with E-state index in [0.717, 1.165) is 53.8 Å². The predicted molar refractivity (Wildman–Crippen MR) is 168 cm³/mol. The van der Waals surface area contributed by atoms with E-state index in [2.05, 4.69) is 13.8 Å². The Bertz CT molecular complexity index is 1170. The Morgan fingerprint density at radius 1 is 1.25 bits per heavy atom. The Morgan fingerprint density at radius 3 is 2.34 bits per heavy atom. The van der Waals surface area contributed by atoms with E-state index in [-0.39, 0.29) is 41.8 Å². The molecule has 2 heterocycles. The molecule has 5 rings (SSSR count). The minimum atomic E-state index is -1.36. The molecular weight excluding hydrogens is 589 g/mol. The van der Waals surface area contributed by atoms with Crippen LogP contribution >= 0.6 is 11.6 Å². The number of benzene rings is 1. The summed E-state index contributed by atoms with van der Waals surface area (Å²) in [7, 11) is 1.51. The van der Waals surface area contributed by atoms with E-state index < -0.39 is 6.17 Å². The zero-order valence-electron chi connectivity index (χ0n) is 26.4. The topological polar surface area (TPSA) is 142 Å². The van der Waals surface area contributed by atoms with Crippen LogP contribution in [0.4, 0.5) is 4.39 Å². The number of alkyl halides is 1. The fourth-order valence-corrected chi connectivity index (χ4v) is 6.87. The number of hydrazine groups is 1. The van der Waals surface area contributed by atoms with Gasteiger partial charge >= 0.3 is 0 Å². The number of carbonyl (C=O) groups is 3. The number of nitrogens with zero attached hydrogens (tertiary/aromatic N) is 3. The van der Waals surface area contributed by atoms with Crippen LogP contribution in [0.15, 0.2) is 23.5 Å². The quantitative estimate of drug-likeness (QED) is 0.212. The zero-order chi connectivity index (χ0) is 32.6. The number of nitrogens with two attached hydrogens (primary N) is 2. The van der Waals surface area contributed by atoms with E-state index in [1.807, 2.05) is 4.90 Å². The summed E-state index contributed by atoms with van der Waals surface area (Å²) in [6.07, 6.45) is 8.64. The van der Waals surface area contributed by atoms with Crippen LogP contribution < -0.4 is 16.3 Å². The van der Waals surface area contributed by atoms with Crippen molar-refractivity contribution in [2.45, 2.75) is 84.4 Å². The number of allylic oxidation sites excluding steroid dienone is 1. The van der Waals surface area contributed by atoms with Gasteiger partial charge in [0.15, 0.2) is 0 Å². The third kappa shape index (κ3) is 8.78. The van der Waals surface area contributed by atoms with E-state index in [0.29, 0.717) is 36.7 Å². The molecule has 3 fully saturated rings. The summed E-state index contributed by atoms with van der Waals surface area (Å²) < 4.78 is 20.0. The molecule has 4 unspecified atom stereocenters. The Labute approximate surface area is 265 Å². The van der Waals surface area contributed by atoms with Crippen LogP contribution in [0.2, 0.25) is 5.02 Å². The summed E-state index contributed by atoms with van der Waals surface area (Å²) in [5.41, 5.74) is 8.20. The van der Waals surface area contributed by atoms with Crippen LogP contribution in [0.25, 0.3) is 0 Å². The van der Waals surface area contributed by atoms with Crippen molar-refractivity contribution in [2.75, 3.05) is 33.3 Å². The number of amides is 2. The largest absolute Gasteiger partial charge is 0.487 e. The highest BCUT2D eigenvalue weighted by Crippen LogP contribution is 2.53. The van der Waals surface area contributed by atoms with Crippen molar-refractivity contribution in [3.63, 3.8) is 0 Å². The molecule has 1 spiro atoms. The van der Waals surface area contributed by atoms with Crippen LogP contribution in [-0.4, -0.2) is 78.2 Å². The van der Waals surface area contributed by atoms with E-state index in [4.69, 9.17) is 37.8 Å². The number of halogens is 2. The lowest BCUT2D eigenvalue weighted by Crippen LogP contribution is -2.42. The van der Waals surface area contributed by atoms with E-state index >= 15 is 0 Å². The molecule has 246 valence electrons. The van der Waals surface area contributed by atoms with Crippen molar-refractivity contribution in [2.24, 2.45) is 28.8 Å². The van der Waals surface area contributed by atoms with Gasteiger partial charge in [0, 0.05) is 43.7 Å². The highest BCUT2D eigenvalue weighted by molar-refractivity contribution is 6.31. The summed E-state index contributed by atoms with van der Waals surface area (Å²) >= 11 is 6.52. The average Bonchev–Trinajstić information content (AvgIpc) is 3.65. The number of hydrogen-bond acceptors (Lipinski definition) is 7. The standard InChI is InChI=1S/C23H31ClFN5O3.C8H16.CH2O2/c1-14(25)22(28(2)27)17(26)11-33-19-4-3-16(24)15-5-8-29(13-31)18(21(15)19)10-30-12-23(6-7-23)9-20(30)32;1-7-5-3-4-6-8(7)2;2-1-3/h3-4,13-14,18H,5-12,26-27H2,1-2H3;7-8H,3-6H2,1-2H3;1H,(H,2,3)/b22-17-;;. The number of hydrogen-bond donors (Lipinski definition) is 3. The van der Waals surface area contributed by atoms with Gasteiger partial charge in [-0.2, -0.15) is 0 Å². The summed E-state index contributed by atoms with van der Waals surface area (Å²) in [6.45, 7) is 7.38. The van der Waals surface area contributed by atoms with Gasteiger partial charge in [0.05, 0.1) is 17.4 Å². The maximum Gasteiger partial charge on any atom is 0.290 e. The lowest BCUT2D eigenvalue weighted by molar-refractivity contribution is -0.130. The van der Waals surface area contributed by atoms with Crippen molar-refractivity contribution >= 4 is 30.4 Å². The maximum atomic E-state index is 14.0. The van der Waals surface area contributed by atoms with Crippen LogP contribution in [0.3, 0.4) is 0 Å². The van der Waals surface area contributed by atoms with Crippen LogP contribution in [0.5, 0.6) is 5.75 Å². The van der Waals surface area contributed by atoms with Crippen molar-refractivity contribution in [3.05, 3.63) is 39.7 Å². The molecule has 1 saturated heterocycles. The summed E-state index contributed by atoms with van der Waals surface area (Å²) in [5, 5.41) is 8.62. The molecule has 0 aromatic heterocycles. The van der Waals surface area contributed by atoms with Gasteiger partial charge < -0.3 is 30.4 Å². The molecule has 5 N–H and O–H groups in total. The molecule has 44 heavy (non-hydrogen) atoms. The first-order chi connectivity index (χ1) is 20.9. The van der Waals surface area contributed by atoms with Crippen molar-refractivity contribution in [1.29, 1.82) is 0 Å². The Kier molecular flexibility index (Phi) is 12.7. The molecule has 0 bridgehead atoms. The maximum absolute atomic E-state index is 14.0. The van der Waals surface area contributed by atoms with E-state index in [1.54, 1.807) is 17.0 Å². The average molecular weight is 638 g/mol. The van der Waals surface area contributed by atoms with Crippen molar-refractivity contribution < 1.29 is 28.6 Å². The first kappa shape index (κ1) is 35.4. The SMILES string of the molecule is CC(F)/C(=C(/N)COc1ccc(Cl)c2c1C(CN1CC3(CC3)CC1=O)N(C=O)CC2)N(C)N.CC1CCCCC1C.O=CO. The third-order valence-corrected chi connectivity index (χ3v) is 9.87. The molecule has 0 radical (unpaired) electrons. The smallest absolute Gasteiger partial charge is 0.290 e. The monoisotopic (exact) mass is 637 g/mol. The van der Waals surface area contributed by atoms with E-state index in [9.17, 15) is 14.0 Å².